The van der Waals surface area contributed by atoms with Crippen LogP contribution >= 0.6 is 0 Å². The molecule has 3 aromatic heterocycles. The van der Waals surface area contributed by atoms with E-state index in [2.05, 4.69) is 20.4 Å². The average molecular weight is 397 g/mol. The molecule has 4 rings (SSSR count). The van der Waals surface area contributed by atoms with Crippen LogP contribution in [0.3, 0.4) is 0 Å². The second kappa shape index (κ2) is 6.57. The average Bonchev–Trinajstić information content (AvgIpc) is 3.31. The fourth-order valence-corrected chi connectivity index (χ4v) is 3.11. The van der Waals surface area contributed by atoms with Gasteiger partial charge in [0.1, 0.15) is 11.3 Å². The second-order valence-electron chi connectivity index (χ2n) is 8.50. The fourth-order valence-electron chi connectivity index (χ4n) is 3.11. The first-order valence-electron chi connectivity index (χ1n) is 9.39. The summed E-state index contributed by atoms with van der Waals surface area (Å²) in [6.07, 6.45) is 3.23. The minimum Gasteiger partial charge on any atom is -0.494 e. The number of nitrogens with one attached hydrogen (secondary N) is 1. The van der Waals surface area contributed by atoms with Crippen LogP contribution in [-0.4, -0.2) is 41.2 Å². The van der Waals surface area contributed by atoms with Crippen LogP contribution in [0.2, 0.25) is 0 Å². The van der Waals surface area contributed by atoms with Gasteiger partial charge in [-0.3, -0.25) is 14.2 Å². The van der Waals surface area contributed by atoms with E-state index < -0.39 is 11.5 Å². The van der Waals surface area contributed by atoms with Crippen molar-refractivity contribution in [3.05, 3.63) is 34.2 Å². The Morgan fingerprint density at radius 1 is 1.34 bits per heavy atom. The third kappa shape index (κ3) is 3.65. The number of carbonyl (C=O) groups is 1. The van der Waals surface area contributed by atoms with Gasteiger partial charge in [0.2, 0.25) is 11.8 Å². The van der Waals surface area contributed by atoms with Gasteiger partial charge in [0, 0.05) is 24.8 Å². The molecule has 29 heavy (non-hydrogen) atoms. The number of nitrogens with two attached hydrogens (primary N) is 1. The molecule has 0 spiro atoms. The van der Waals surface area contributed by atoms with Gasteiger partial charge < -0.3 is 16.2 Å². The first-order chi connectivity index (χ1) is 13.6. The molecule has 10 heteroatoms. The number of hydrogen-bond acceptors (Lipinski definition) is 7. The minimum absolute atomic E-state index is 0.0465. The van der Waals surface area contributed by atoms with E-state index in [9.17, 15) is 14.7 Å². The smallest absolute Gasteiger partial charge is 0.291 e. The molecule has 0 aliphatic heterocycles. The van der Waals surface area contributed by atoms with Crippen molar-refractivity contribution < 1.29 is 9.90 Å². The van der Waals surface area contributed by atoms with Crippen molar-refractivity contribution in [1.82, 2.24) is 29.5 Å². The topological polar surface area (TPSA) is 140 Å². The van der Waals surface area contributed by atoms with Crippen LogP contribution in [0, 0.1) is 5.41 Å². The molecule has 1 amide bonds. The molecular formula is C19H23N7O3. The molecule has 0 radical (unpaired) electrons. The maximum absolute atomic E-state index is 13.0. The van der Waals surface area contributed by atoms with Crippen LogP contribution in [0.1, 0.15) is 44.0 Å². The van der Waals surface area contributed by atoms with Gasteiger partial charge in [-0.15, -0.1) is 0 Å². The van der Waals surface area contributed by atoms with Crippen molar-refractivity contribution in [1.29, 1.82) is 0 Å². The molecule has 3 aromatic rings. The summed E-state index contributed by atoms with van der Waals surface area (Å²) in [6.45, 7) is 6.34. The first-order valence-corrected chi connectivity index (χ1v) is 9.39. The van der Waals surface area contributed by atoms with Crippen molar-refractivity contribution in [2.24, 2.45) is 5.41 Å². The molecule has 0 saturated heterocycles. The third-order valence-electron chi connectivity index (χ3n) is 4.56. The van der Waals surface area contributed by atoms with Gasteiger partial charge in [-0.2, -0.15) is 9.61 Å². The first kappa shape index (κ1) is 18.9. The quantitative estimate of drug-likeness (QED) is 0.600. The summed E-state index contributed by atoms with van der Waals surface area (Å²) in [7, 11) is 0. The summed E-state index contributed by atoms with van der Waals surface area (Å²) in [4.78, 5) is 33.7. The predicted octanol–water partition coefficient (Wildman–Crippen LogP) is 1.18. The Bertz CT molecular complexity index is 1170. The van der Waals surface area contributed by atoms with E-state index in [1.54, 1.807) is 12.1 Å². The zero-order valence-electron chi connectivity index (χ0n) is 16.5. The molecule has 4 N–H and O–H groups in total. The zero-order valence-corrected chi connectivity index (χ0v) is 16.5. The van der Waals surface area contributed by atoms with Crippen molar-refractivity contribution in [3.63, 3.8) is 0 Å². The van der Waals surface area contributed by atoms with Gasteiger partial charge in [0.05, 0.1) is 5.69 Å². The SMILES string of the molecule is CC(C)(C)Cn1c(O)c(C(=O)NC2CC2)c(=O)n2nc(-c3ccnc(N)n3)cc12. The van der Waals surface area contributed by atoms with E-state index in [1.807, 2.05) is 20.8 Å². The number of nitrogen functional groups attached to an aromatic ring is 1. The normalized spacial score (nSPS) is 14.3. The number of rotatable bonds is 4. The van der Waals surface area contributed by atoms with Crippen LogP contribution in [0.15, 0.2) is 23.1 Å². The molecule has 1 aliphatic rings. The van der Waals surface area contributed by atoms with Gasteiger partial charge in [0.15, 0.2) is 5.56 Å². The molecule has 0 unspecified atom stereocenters. The highest BCUT2D eigenvalue weighted by molar-refractivity contribution is 5.96. The fraction of sp³-hybridized carbons (Fsp3) is 0.421. The predicted molar refractivity (Wildman–Crippen MR) is 106 cm³/mol. The molecule has 0 bridgehead atoms. The minimum atomic E-state index is -0.686. The molecule has 0 atom stereocenters. The zero-order chi connectivity index (χ0) is 20.9. The van der Waals surface area contributed by atoms with Crippen LogP contribution in [-0.2, 0) is 6.54 Å². The summed E-state index contributed by atoms with van der Waals surface area (Å²) in [5, 5.41) is 18.0. The van der Waals surface area contributed by atoms with Crippen LogP contribution in [0.25, 0.3) is 17.0 Å². The van der Waals surface area contributed by atoms with Gasteiger partial charge in [0.25, 0.3) is 11.5 Å². The summed E-state index contributed by atoms with van der Waals surface area (Å²) < 4.78 is 2.66. The third-order valence-corrected chi connectivity index (χ3v) is 4.56. The maximum Gasteiger partial charge on any atom is 0.291 e. The summed E-state index contributed by atoms with van der Waals surface area (Å²) >= 11 is 0. The van der Waals surface area contributed by atoms with Crippen molar-refractivity contribution in [3.8, 4) is 17.3 Å². The van der Waals surface area contributed by atoms with E-state index in [4.69, 9.17) is 5.73 Å². The Kier molecular flexibility index (Phi) is 4.29. The number of fused-ring (bicyclic) bond motifs is 1. The number of hydrogen-bond donors (Lipinski definition) is 3. The second-order valence-corrected chi connectivity index (χ2v) is 8.50. The number of aromatic hydroxyl groups is 1. The number of amides is 1. The van der Waals surface area contributed by atoms with Gasteiger partial charge >= 0.3 is 0 Å². The Morgan fingerprint density at radius 2 is 2.07 bits per heavy atom. The number of carbonyl (C=O) groups excluding carboxylic acids is 1. The standard InChI is InChI=1S/C19H23N7O3/c1-19(2,3)9-25-13-8-12(11-6-7-21-18(20)23-11)24-26(13)17(29)14(16(25)28)15(27)22-10-4-5-10/h6-8,10,28H,4-5,9H2,1-3H3,(H,22,27)(H2,20,21,23). The number of nitrogens with zero attached hydrogens (tertiary/aromatic N) is 5. The molecular weight excluding hydrogens is 374 g/mol. The molecule has 3 heterocycles. The van der Waals surface area contributed by atoms with Gasteiger partial charge in [-0.05, 0) is 24.3 Å². The molecule has 1 aliphatic carbocycles. The van der Waals surface area contributed by atoms with Crippen molar-refractivity contribution in [2.75, 3.05) is 5.73 Å². The highest BCUT2D eigenvalue weighted by Crippen LogP contribution is 2.27. The molecule has 152 valence electrons. The van der Waals surface area contributed by atoms with Crippen LogP contribution in [0.5, 0.6) is 5.88 Å². The van der Waals surface area contributed by atoms with Crippen LogP contribution < -0.4 is 16.6 Å². The van der Waals surface area contributed by atoms with Gasteiger partial charge in [-0.1, -0.05) is 20.8 Å². The van der Waals surface area contributed by atoms with E-state index in [1.165, 1.54) is 10.8 Å². The highest BCUT2D eigenvalue weighted by Gasteiger charge is 2.30. The Hall–Kier alpha value is -3.43. The van der Waals surface area contributed by atoms with Crippen molar-refractivity contribution in [2.45, 2.75) is 46.2 Å². The van der Waals surface area contributed by atoms with Gasteiger partial charge in [-0.25, -0.2) is 9.97 Å². The largest absolute Gasteiger partial charge is 0.494 e. The summed E-state index contributed by atoms with van der Waals surface area (Å²) in [5.74, 6) is -0.885. The Balaban J connectivity index is 1.95. The molecule has 0 aromatic carbocycles. The van der Waals surface area contributed by atoms with Crippen molar-refractivity contribution >= 4 is 17.5 Å². The van der Waals surface area contributed by atoms with E-state index in [-0.39, 0.29) is 28.8 Å². The lowest BCUT2D eigenvalue weighted by atomic mass is 9.96. The maximum atomic E-state index is 13.0. The molecule has 10 nitrogen and oxygen atoms in total. The number of aromatic nitrogens is 5. The molecule has 1 fully saturated rings. The summed E-state index contributed by atoms with van der Waals surface area (Å²) in [6, 6.07) is 3.30. The Labute approximate surface area is 166 Å². The lowest BCUT2D eigenvalue weighted by molar-refractivity contribution is 0.0944. The number of anilines is 1. The lowest BCUT2D eigenvalue weighted by Crippen LogP contribution is -2.35. The monoisotopic (exact) mass is 397 g/mol. The van der Waals surface area contributed by atoms with Crippen LogP contribution in [0.4, 0.5) is 5.95 Å². The van der Waals surface area contributed by atoms with E-state index >= 15 is 0 Å². The Morgan fingerprint density at radius 3 is 2.69 bits per heavy atom. The highest BCUT2D eigenvalue weighted by atomic mass is 16.3. The van der Waals surface area contributed by atoms with E-state index in [0.717, 1.165) is 17.4 Å². The lowest BCUT2D eigenvalue weighted by Gasteiger charge is -2.23. The summed E-state index contributed by atoms with van der Waals surface area (Å²) in [5.41, 5.74) is 5.60. The van der Waals surface area contributed by atoms with E-state index in [0.29, 0.717) is 23.6 Å². The molecule has 1 saturated carbocycles.